The highest BCUT2D eigenvalue weighted by Crippen LogP contribution is 2.17. The molecule has 0 saturated carbocycles. The quantitative estimate of drug-likeness (QED) is 0.554. The van der Waals surface area contributed by atoms with Gasteiger partial charge in [-0.1, -0.05) is 6.07 Å². The summed E-state index contributed by atoms with van der Waals surface area (Å²) < 4.78 is 5.07. The third-order valence-corrected chi connectivity index (χ3v) is 1.57. The first kappa shape index (κ1) is 9.26. The fourth-order valence-corrected chi connectivity index (χ4v) is 1.10. The van der Waals surface area contributed by atoms with Gasteiger partial charge in [0.05, 0.1) is 12.5 Å². The topological polar surface area (TPSA) is 21.3 Å². The van der Waals surface area contributed by atoms with Crippen LogP contribution in [0.25, 0.3) is 0 Å². The molecule has 3 heteroatoms. The van der Waals surface area contributed by atoms with Crippen LogP contribution >= 0.6 is 12.6 Å². The Morgan fingerprint density at radius 1 is 1.50 bits per heavy atom. The van der Waals surface area contributed by atoms with Crippen LogP contribution in [0.4, 0.5) is 5.69 Å². The van der Waals surface area contributed by atoms with E-state index in [1.54, 1.807) is 7.11 Å². The van der Waals surface area contributed by atoms with Crippen LogP contribution in [0.5, 0.6) is 5.75 Å². The molecule has 0 saturated heterocycles. The maximum atomic E-state index is 5.07. The van der Waals surface area contributed by atoms with E-state index in [0.717, 1.165) is 11.4 Å². The summed E-state index contributed by atoms with van der Waals surface area (Å²) in [6, 6.07) is 7.77. The van der Waals surface area contributed by atoms with Gasteiger partial charge in [-0.05, 0) is 19.1 Å². The van der Waals surface area contributed by atoms with Gasteiger partial charge in [0.2, 0.25) is 0 Å². The van der Waals surface area contributed by atoms with Crippen LogP contribution in [0.15, 0.2) is 24.3 Å². The smallest absolute Gasteiger partial charge is 0.120 e. The molecule has 1 unspecified atom stereocenters. The van der Waals surface area contributed by atoms with Gasteiger partial charge in [0, 0.05) is 11.8 Å². The summed E-state index contributed by atoms with van der Waals surface area (Å²) in [5.74, 6) is 0.856. The molecule has 12 heavy (non-hydrogen) atoms. The molecule has 1 N–H and O–H groups in total. The van der Waals surface area contributed by atoms with Crippen molar-refractivity contribution in [1.82, 2.24) is 0 Å². The van der Waals surface area contributed by atoms with Crippen LogP contribution in [0.3, 0.4) is 0 Å². The largest absolute Gasteiger partial charge is 0.497 e. The van der Waals surface area contributed by atoms with Crippen molar-refractivity contribution in [2.45, 2.75) is 12.3 Å². The molecule has 66 valence electrons. The number of rotatable bonds is 3. The number of methoxy groups -OCH3 is 1. The number of ether oxygens (including phenoxy) is 1. The first-order valence-corrected chi connectivity index (χ1v) is 4.32. The minimum atomic E-state index is 0.150. The summed E-state index contributed by atoms with van der Waals surface area (Å²) in [6.45, 7) is 1.97. The second-order valence-electron chi connectivity index (χ2n) is 2.55. The first-order chi connectivity index (χ1) is 5.72. The zero-order valence-corrected chi connectivity index (χ0v) is 8.14. The van der Waals surface area contributed by atoms with Crippen molar-refractivity contribution in [2.24, 2.45) is 0 Å². The first-order valence-electron chi connectivity index (χ1n) is 3.81. The lowest BCUT2D eigenvalue weighted by molar-refractivity contribution is 0.415. The number of hydrogen-bond donors (Lipinski definition) is 2. The highest BCUT2D eigenvalue weighted by Gasteiger charge is 1.96. The third kappa shape index (κ3) is 2.66. The van der Waals surface area contributed by atoms with Crippen molar-refractivity contribution < 1.29 is 4.74 Å². The normalized spacial score (nSPS) is 12.2. The van der Waals surface area contributed by atoms with Gasteiger partial charge < -0.3 is 10.1 Å². The number of anilines is 1. The maximum absolute atomic E-state index is 5.07. The molecule has 1 aromatic rings. The van der Waals surface area contributed by atoms with Gasteiger partial charge in [-0.25, -0.2) is 0 Å². The van der Waals surface area contributed by atoms with Gasteiger partial charge in [0.1, 0.15) is 5.75 Å². The lowest BCUT2D eigenvalue weighted by Gasteiger charge is -2.09. The van der Waals surface area contributed by atoms with Crippen LogP contribution in [0.1, 0.15) is 6.92 Å². The molecule has 1 rings (SSSR count). The molecular formula is C9H13NOS. The molecule has 0 aliphatic rings. The van der Waals surface area contributed by atoms with E-state index in [9.17, 15) is 0 Å². The van der Waals surface area contributed by atoms with E-state index in [2.05, 4.69) is 17.9 Å². The fourth-order valence-electron chi connectivity index (χ4n) is 0.954. The highest BCUT2D eigenvalue weighted by atomic mass is 32.1. The van der Waals surface area contributed by atoms with Crippen molar-refractivity contribution in [3.8, 4) is 5.75 Å². The van der Waals surface area contributed by atoms with E-state index in [-0.39, 0.29) is 5.37 Å². The monoisotopic (exact) mass is 183 g/mol. The van der Waals surface area contributed by atoms with E-state index >= 15 is 0 Å². The lowest BCUT2D eigenvalue weighted by Crippen LogP contribution is -2.06. The highest BCUT2D eigenvalue weighted by molar-refractivity contribution is 7.81. The molecule has 0 aromatic heterocycles. The van der Waals surface area contributed by atoms with E-state index in [1.165, 1.54) is 0 Å². The van der Waals surface area contributed by atoms with Gasteiger partial charge in [-0.15, -0.1) is 0 Å². The molecule has 0 bridgehead atoms. The second-order valence-corrected chi connectivity index (χ2v) is 3.33. The fraction of sp³-hybridized carbons (Fsp3) is 0.333. The van der Waals surface area contributed by atoms with Crippen molar-refractivity contribution in [3.63, 3.8) is 0 Å². The van der Waals surface area contributed by atoms with Gasteiger partial charge in [-0.2, -0.15) is 12.6 Å². The van der Waals surface area contributed by atoms with Gasteiger partial charge in [0.25, 0.3) is 0 Å². The summed E-state index contributed by atoms with van der Waals surface area (Å²) in [4.78, 5) is 0. The Hall–Kier alpha value is -0.830. The minimum Gasteiger partial charge on any atom is -0.497 e. The van der Waals surface area contributed by atoms with Crippen molar-refractivity contribution >= 4 is 18.3 Å². The summed E-state index contributed by atoms with van der Waals surface area (Å²) in [5, 5.41) is 3.31. The average Bonchev–Trinajstić information content (AvgIpc) is 2.03. The van der Waals surface area contributed by atoms with Gasteiger partial charge in [0.15, 0.2) is 0 Å². The molecule has 0 radical (unpaired) electrons. The van der Waals surface area contributed by atoms with Gasteiger partial charge >= 0.3 is 0 Å². The number of benzene rings is 1. The van der Waals surface area contributed by atoms with Crippen molar-refractivity contribution in [1.29, 1.82) is 0 Å². The van der Waals surface area contributed by atoms with E-state index in [4.69, 9.17) is 4.74 Å². The van der Waals surface area contributed by atoms with Crippen molar-refractivity contribution in [3.05, 3.63) is 24.3 Å². The molecule has 0 aliphatic carbocycles. The Balaban J connectivity index is 2.72. The van der Waals surface area contributed by atoms with Crippen LogP contribution in [-0.4, -0.2) is 12.5 Å². The van der Waals surface area contributed by atoms with E-state index < -0.39 is 0 Å². The number of thiol groups is 1. The number of nitrogens with one attached hydrogen (secondary N) is 1. The Labute approximate surface area is 78.3 Å². The molecule has 1 aromatic carbocycles. The summed E-state index contributed by atoms with van der Waals surface area (Å²) in [6.07, 6.45) is 0. The molecule has 1 atom stereocenters. The van der Waals surface area contributed by atoms with Crippen LogP contribution < -0.4 is 10.1 Å². The molecule has 0 spiro atoms. The minimum absolute atomic E-state index is 0.150. The van der Waals surface area contributed by atoms with Crippen LogP contribution in [0, 0.1) is 0 Å². The Bertz CT molecular complexity index is 250. The SMILES string of the molecule is COc1cccc(NC(C)S)c1. The van der Waals surface area contributed by atoms with E-state index in [1.807, 2.05) is 31.2 Å². The molecule has 2 nitrogen and oxygen atoms in total. The van der Waals surface area contributed by atoms with Crippen LogP contribution in [0.2, 0.25) is 0 Å². The standard InChI is InChI=1S/C9H13NOS/c1-7(12)10-8-4-3-5-9(6-8)11-2/h3-7,10,12H,1-2H3. The second kappa shape index (κ2) is 4.26. The predicted molar refractivity (Wildman–Crippen MR) is 55.1 cm³/mol. The van der Waals surface area contributed by atoms with E-state index in [0.29, 0.717) is 0 Å². The third-order valence-electron chi connectivity index (χ3n) is 1.45. The molecule has 0 fully saturated rings. The zero-order valence-electron chi connectivity index (χ0n) is 7.24. The maximum Gasteiger partial charge on any atom is 0.120 e. The predicted octanol–water partition coefficient (Wildman–Crippen LogP) is 2.38. The Morgan fingerprint density at radius 3 is 2.83 bits per heavy atom. The van der Waals surface area contributed by atoms with Crippen molar-refractivity contribution in [2.75, 3.05) is 12.4 Å². The summed E-state index contributed by atoms with van der Waals surface area (Å²) >= 11 is 4.22. The molecular weight excluding hydrogens is 170 g/mol. The Morgan fingerprint density at radius 2 is 2.25 bits per heavy atom. The molecule has 0 aliphatic heterocycles. The van der Waals surface area contributed by atoms with Gasteiger partial charge in [-0.3, -0.25) is 0 Å². The summed E-state index contributed by atoms with van der Waals surface area (Å²) in [5.41, 5.74) is 1.02. The summed E-state index contributed by atoms with van der Waals surface area (Å²) in [7, 11) is 1.66. The van der Waals surface area contributed by atoms with Crippen LogP contribution in [-0.2, 0) is 0 Å². The molecule has 0 heterocycles. The lowest BCUT2D eigenvalue weighted by atomic mass is 10.3. The zero-order chi connectivity index (χ0) is 8.97. The number of hydrogen-bond acceptors (Lipinski definition) is 3. The molecule has 0 amide bonds. The Kier molecular flexibility index (Phi) is 3.29. The average molecular weight is 183 g/mol.